The van der Waals surface area contributed by atoms with Crippen molar-refractivity contribution in [1.29, 1.82) is 0 Å². The van der Waals surface area contributed by atoms with Crippen LogP contribution < -0.4 is 0 Å². The van der Waals surface area contributed by atoms with Gasteiger partial charge in [-0.3, -0.25) is 0 Å². The monoisotopic (exact) mass is 282 g/mol. The van der Waals surface area contributed by atoms with Crippen LogP contribution in [0.25, 0.3) is 0 Å². The van der Waals surface area contributed by atoms with Crippen LogP contribution in [0, 0.1) is 29.1 Å². The molecule has 104 valence electrons. The average molecular weight is 282 g/mol. The second-order valence-corrected chi connectivity index (χ2v) is 3.20. The van der Waals surface area contributed by atoms with Gasteiger partial charge in [-0.1, -0.05) is 6.08 Å². The van der Waals surface area contributed by atoms with E-state index in [4.69, 9.17) is 5.11 Å². The van der Waals surface area contributed by atoms with E-state index in [2.05, 4.69) is 4.74 Å². The Morgan fingerprint density at radius 1 is 0.947 bits per heavy atom. The van der Waals surface area contributed by atoms with Gasteiger partial charge in [0, 0.05) is 0 Å². The molecule has 1 aromatic carbocycles. The molecule has 0 saturated heterocycles. The average Bonchev–Trinajstić information content (AvgIpc) is 2.39. The summed E-state index contributed by atoms with van der Waals surface area (Å²) >= 11 is 0. The second-order valence-electron chi connectivity index (χ2n) is 3.20. The van der Waals surface area contributed by atoms with Gasteiger partial charge in [-0.05, 0) is 6.08 Å². The zero-order valence-corrected chi connectivity index (χ0v) is 9.22. The number of benzene rings is 1. The molecule has 1 N–H and O–H groups in total. The maximum absolute atomic E-state index is 13.1. The normalized spacial score (nSPS) is 11.1. The van der Waals surface area contributed by atoms with Gasteiger partial charge in [-0.2, -0.15) is 0 Å². The lowest BCUT2D eigenvalue weighted by molar-refractivity contribution is 0.0534. The number of carbonyl (C=O) groups excluding carboxylic acids is 1. The van der Waals surface area contributed by atoms with E-state index >= 15 is 0 Å². The maximum Gasteiger partial charge on any atom is 0.344 e. The topological polar surface area (TPSA) is 46.5 Å². The van der Waals surface area contributed by atoms with Gasteiger partial charge in [0.1, 0.15) is 12.2 Å². The van der Waals surface area contributed by atoms with Gasteiger partial charge in [-0.25, -0.2) is 26.7 Å². The molecule has 0 atom stereocenters. The number of halogens is 5. The Morgan fingerprint density at radius 2 is 1.42 bits per heavy atom. The lowest BCUT2D eigenvalue weighted by atomic mass is 10.1. The number of hydrogen-bond donors (Lipinski definition) is 1. The van der Waals surface area contributed by atoms with E-state index in [1.807, 2.05) is 0 Å². The molecule has 19 heavy (non-hydrogen) atoms. The van der Waals surface area contributed by atoms with Crippen LogP contribution in [0.4, 0.5) is 22.0 Å². The summed E-state index contributed by atoms with van der Waals surface area (Å²) < 4.78 is 68.8. The Hall–Kier alpha value is -1.96. The fourth-order valence-corrected chi connectivity index (χ4v) is 1.12. The molecule has 0 amide bonds. The fourth-order valence-electron chi connectivity index (χ4n) is 1.12. The number of esters is 1. The summed E-state index contributed by atoms with van der Waals surface area (Å²) in [4.78, 5) is 11.2. The molecule has 0 bridgehead atoms. The van der Waals surface area contributed by atoms with Crippen LogP contribution in [0.3, 0.4) is 0 Å². The Bertz CT molecular complexity index is 499. The van der Waals surface area contributed by atoms with Crippen molar-refractivity contribution >= 4 is 5.97 Å². The van der Waals surface area contributed by atoms with E-state index in [-0.39, 0.29) is 6.61 Å². The summed E-state index contributed by atoms with van der Waals surface area (Å²) in [6, 6.07) is 0. The fraction of sp³-hybridized carbons (Fsp3) is 0.182. The molecule has 8 heteroatoms. The Morgan fingerprint density at radius 3 is 1.89 bits per heavy atom. The third-order valence-electron chi connectivity index (χ3n) is 2.00. The van der Waals surface area contributed by atoms with Crippen LogP contribution in [-0.2, 0) is 4.74 Å². The highest BCUT2D eigenvalue weighted by Gasteiger charge is 2.30. The third-order valence-corrected chi connectivity index (χ3v) is 2.00. The van der Waals surface area contributed by atoms with Crippen molar-refractivity contribution in [2.75, 3.05) is 13.2 Å². The van der Waals surface area contributed by atoms with Gasteiger partial charge in [0.25, 0.3) is 0 Å². The standard InChI is InChI=1S/C11H7F5O3/c12-6-5(11(18)19-4-2-1-3-17)7(13)9(15)10(16)8(6)14/h1-2,17H,3-4H2. The zero-order chi connectivity index (χ0) is 14.6. The van der Waals surface area contributed by atoms with E-state index in [1.165, 1.54) is 0 Å². The van der Waals surface area contributed by atoms with Gasteiger partial charge in [-0.15, -0.1) is 0 Å². The molecule has 0 unspecified atom stereocenters. The summed E-state index contributed by atoms with van der Waals surface area (Å²) in [5.41, 5.74) is -1.66. The van der Waals surface area contributed by atoms with Crippen molar-refractivity contribution in [1.82, 2.24) is 0 Å². The molecule has 1 aromatic rings. The number of aliphatic hydroxyl groups excluding tert-OH is 1. The van der Waals surface area contributed by atoms with E-state index in [0.717, 1.165) is 12.2 Å². The summed E-state index contributed by atoms with van der Waals surface area (Å²) in [6.07, 6.45) is 2.29. The van der Waals surface area contributed by atoms with E-state index in [9.17, 15) is 26.7 Å². The zero-order valence-electron chi connectivity index (χ0n) is 9.22. The maximum atomic E-state index is 13.1. The van der Waals surface area contributed by atoms with Crippen molar-refractivity contribution in [2.24, 2.45) is 0 Å². The van der Waals surface area contributed by atoms with Gasteiger partial charge in [0.05, 0.1) is 6.61 Å². The molecule has 0 heterocycles. The highest BCUT2D eigenvalue weighted by molar-refractivity contribution is 5.90. The van der Waals surface area contributed by atoms with Crippen LogP contribution in [0.5, 0.6) is 0 Å². The predicted molar refractivity (Wildman–Crippen MR) is 52.7 cm³/mol. The summed E-state index contributed by atoms with van der Waals surface area (Å²) in [5.74, 6) is -13.0. The SMILES string of the molecule is O=C(OCC=CCO)c1c(F)c(F)c(F)c(F)c1F. The number of ether oxygens (including phenoxy) is 1. The lowest BCUT2D eigenvalue weighted by Crippen LogP contribution is -2.15. The Balaban J connectivity index is 3.07. The van der Waals surface area contributed by atoms with Crippen molar-refractivity contribution in [3.05, 3.63) is 46.8 Å². The third kappa shape index (κ3) is 3.08. The largest absolute Gasteiger partial charge is 0.458 e. The minimum Gasteiger partial charge on any atom is -0.458 e. The van der Waals surface area contributed by atoms with E-state index < -0.39 is 47.2 Å². The van der Waals surface area contributed by atoms with Gasteiger partial charge in [0.2, 0.25) is 5.82 Å². The van der Waals surface area contributed by atoms with Gasteiger partial charge >= 0.3 is 5.97 Å². The van der Waals surface area contributed by atoms with Crippen LogP contribution in [-0.4, -0.2) is 24.3 Å². The molecule has 0 aliphatic heterocycles. The molecule has 0 aromatic heterocycles. The first kappa shape index (κ1) is 15.1. The first-order chi connectivity index (χ1) is 8.91. The highest BCUT2D eigenvalue weighted by Crippen LogP contribution is 2.23. The van der Waals surface area contributed by atoms with Crippen LogP contribution in [0.15, 0.2) is 12.2 Å². The highest BCUT2D eigenvalue weighted by atomic mass is 19.2. The molecule has 0 saturated carbocycles. The van der Waals surface area contributed by atoms with E-state index in [0.29, 0.717) is 0 Å². The molecule has 0 radical (unpaired) electrons. The lowest BCUT2D eigenvalue weighted by Gasteiger charge is -2.07. The van der Waals surface area contributed by atoms with Crippen molar-refractivity contribution < 1.29 is 36.6 Å². The molecular weight excluding hydrogens is 275 g/mol. The molecular formula is C11H7F5O3. The first-order valence-corrected chi connectivity index (χ1v) is 4.86. The minimum atomic E-state index is -2.35. The number of aliphatic hydroxyl groups is 1. The van der Waals surface area contributed by atoms with Crippen molar-refractivity contribution in [3.8, 4) is 0 Å². The van der Waals surface area contributed by atoms with Crippen molar-refractivity contribution in [3.63, 3.8) is 0 Å². The van der Waals surface area contributed by atoms with E-state index in [1.54, 1.807) is 0 Å². The van der Waals surface area contributed by atoms with Gasteiger partial charge < -0.3 is 9.84 Å². The van der Waals surface area contributed by atoms with Crippen LogP contribution >= 0.6 is 0 Å². The molecule has 0 spiro atoms. The van der Waals surface area contributed by atoms with Crippen LogP contribution in [0.2, 0.25) is 0 Å². The Labute approximate surface area is 103 Å². The Kier molecular flexibility index (Phi) is 4.99. The summed E-state index contributed by atoms with van der Waals surface area (Å²) in [6.45, 7) is -0.848. The van der Waals surface area contributed by atoms with Crippen molar-refractivity contribution in [2.45, 2.75) is 0 Å². The molecule has 3 nitrogen and oxygen atoms in total. The molecule has 1 rings (SSSR count). The molecule has 0 fully saturated rings. The predicted octanol–water partition coefficient (Wildman–Crippen LogP) is 2.09. The van der Waals surface area contributed by atoms with Gasteiger partial charge in [0.15, 0.2) is 23.3 Å². The quantitative estimate of drug-likeness (QED) is 0.302. The number of rotatable bonds is 4. The number of hydrogen-bond acceptors (Lipinski definition) is 3. The minimum absolute atomic E-state index is 0.361. The molecule has 0 aliphatic carbocycles. The van der Waals surface area contributed by atoms with Crippen LogP contribution in [0.1, 0.15) is 10.4 Å². The number of carbonyl (C=O) groups is 1. The summed E-state index contributed by atoms with van der Waals surface area (Å²) in [5, 5.41) is 8.35. The first-order valence-electron chi connectivity index (χ1n) is 4.86. The molecule has 0 aliphatic rings. The summed E-state index contributed by atoms with van der Waals surface area (Å²) in [7, 11) is 0. The smallest absolute Gasteiger partial charge is 0.344 e. The second kappa shape index (κ2) is 6.28.